The lowest BCUT2D eigenvalue weighted by Crippen LogP contribution is -2.34. The standard InChI is InChI=1S/C14H20N4O2S/c1-4-7-18-12(15)11(13(19)17-14(18)20)16-9(3)10-6-5-8(2)21-10/h5-6,9,16H,4,7,15H2,1-3H3,(H,17,19,20). The molecule has 7 heteroatoms. The molecule has 0 aliphatic rings. The van der Waals surface area contributed by atoms with Gasteiger partial charge in [0.05, 0.1) is 6.04 Å². The molecule has 21 heavy (non-hydrogen) atoms. The fourth-order valence-corrected chi connectivity index (χ4v) is 3.03. The van der Waals surface area contributed by atoms with Gasteiger partial charge in [-0.15, -0.1) is 11.3 Å². The molecule has 0 aromatic carbocycles. The fourth-order valence-electron chi connectivity index (χ4n) is 2.15. The molecule has 0 radical (unpaired) electrons. The van der Waals surface area contributed by atoms with Gasteiger partial charge in [0.25, 0.3) is 5.56 Å². The summed E-state index contributed by atoms with van der Waals surface area (Å²) in [5, 5.41) is 3.12. The number of aryl methyl sites for hydroxylation is 1. The zero-order valence-corrected chi connectivity index (χ0v) is 13.2. The number of hydrogen-bond donors (Lipinski definition) is 3. The first-order valence-electron chi connectivity index (χ1n) is 6.89. The van der Waals surface area contributed by atoms with E-state index in [4.69, 9.17) is 5.73 Å². The Balaban J connectivity index is 2.38. The van der Waals surface area contributed by atoms with E-state index in [9.17, 15) is 9.59 Å². The number of thiophene rings is 1. The van der Waals surface area contributed by atoms with E-state index in [2.05, 4.69) is 10.3 Å². The zero-order chi connectivity index (χ0) is 15.6. The average molecular weight is 308 g/mol. The molecule has 0 bridgehead atoms. The minimum absolute atomic E-state index is 0.0559. The lowest BCUT2D eigenvalue weighted by atomic mass is 10.2. The molecule has 2 heterocycles. The van der Waals surface area contributed by atoms with Crippen molar-refractivity contribution in [2.75, 3.05) is 11.1 Å². The molecule has 0 aliphatic heterocycles. The molecule has 2 rings (SSSR count). The monoisotopic (exact) mass is 308 g/mol. The summed E-state index contributed by atoms with van der Waals surface area (Å²) in [6, 6.07) is 3.99. The third-order valence-electron chi connectivity index (χ3n) is 3.24. The minimum Gasteiger partial charge on any atom is -0.383 e. The van der Waals surface area contributed by atoms with Crippen LogP contribution in [0.4, 0.5) is 11.5 Å². The normalized spacial score (nSPS) is 12.3. The Hall–Kier alpha value is -2.02. The van der Waals surface area contributed by atoms with Crippen molar-refractivity contribution in [1.29, 1.82) is 0 Å². The second-order valence-corrected chi connectivity index (χ2v) is 6.31. The maximum Gasteiger partial charge on any atom is 0.330 e. The van der Waals surface area contributed by atoms with Crippen molar-refractivity contribution in [2.24, 2.45) is 0 Å². The van der Waals surface area contributed by atoms with Gasteiger partial charge in [0.15, 0.2) is 0 Å². The first-order valence-corrected chi connectivity index (χ1v) is 7.71. The molecular weight excluding hydrogens is 288 g/mol. The smallest absolute Gasteiger partial charge is 0.330 e. The van der Waals surface area contributed by atoms with Gasteiger partial charge in [-0.3, -0.25) is 14.3 Å². The Morgan fingerprint density at radius 2 is 2.14 bits per heavy atom. The third-order valence-corrected chi connectivity index (χ3v) is 4.42. The van der Waals surface area contributed by atoms with Crippen LogP contribution in [0.2, 0.25) is 0 Å². The van der Waals surface area contributed by atoms with Gasteiger partial charge < -0.3 is 11.1 Å². The van der Waals surface area contributed by atoms with Crippen LogP contribution in [-0.2, 0) is 6.54 Å². The van der Waals surface area contributed by atoms with E-state index < -0.39 is 11.2 Å². The molecule has 0 spiro atoms. The number of anilines is 2. The van der Waals surface area contributed by atoms with E-state index >= 15 is 0 Å². The largest absolute Gasteiger partial charge is 0.383 e. The molecule has 2 aromatic rings. The number of hydrogen-bond acceptors (Lipinski definition) is 5. The van der Waals surface area contributed by atoms with Gasteiger partial charge in [0, 0.05) is 16.3 Å². The van der Waals surface area contributed by atoms with Crippen molar-refractivity contribution in [3.05, 3.63) is 42.7 Å². The van der Waals surface area contributed by atoms with Crippen LogP contribution >= 0.6 is 11.3 Å². The highest BCUT2D eigenvalue weighted by Gasteiger charge is 2.15. The second-order valence-electron chi connectivity index (χ2n) is 4.99. The molecule has 4 N–H and O–H groups in total. The molecule has 2 aromatic heterocycles. The molecular formula is C14H20N4O2S. The first kappa shape index (κ1) is 15.4. The van der Waals surface area contributed by atoms with Crippen LogP contribution in [0.3, 0.4) is 0 Å². The Morgan fingerprint density at radius 3 is 2.71 bits per heavy atom. The van der Waals surface area contributed by atoms with Crippen molar-refractivity contribution >= 4 is 22.8 Å². The summed E-state index contributed by atoms with van der Waals surface area (Å²) in [7, 11) is 0. The molecule has 0 aliphatic carbocycles. The molecule has 0 saturated carbocycles. The first-order chi connectivity index (χ1) is 9.93. The van der Waals surface area contributed by atoms with E-state index in [1.807, 2.05) is 32.9 Å². The van der Waals surface area contributed by atoms with Gasteiger partial charge in [-0.05, 0) is 32.4 Å². The molecule has 0 saturated heterocycles. The Kier molecular flexibility index (Phi) is 4.52. The topological polar surface area (TPSA) is 92.9 Å². The van der Waals surface area contributed by atoms with Crippen LogP contribution in [0, 0.1) is 6.92 Å². The molecule has 6 nitrogen and oxygen atoms in total. The predicted molar refractivity (Wildman–Crippen MR) is 87.1 cm³/mol. The van der Waals surface area contributed by atoms with Crippen molar-refractivity contribution in [3.8, 4) is 0 Å². The summed E-state index contributed by atoms with van der Waals surface area (Å²) in [5.41, 5.74) is 5.29. The van der Waals surface area contributed by atoms with Gasteiger partial charge in [-0.2, -0.15) is 0 Å². The molecule has 114 valence electrons. The Bertz CT molecular complexity index is 744. The number of nitrogen functional groups attached to an aromatic ring is 1. The van der Waals surface area contributed by atoms with Gasteiger partial charge in [0.1, 0.15) is 11.5 Å². The highest BCUT2D eigenvalue weighted by Crippen LogP contribution is 2.26. The number of rotatable bonds is 5. The van der Waals surface area contributed by atoms with E-state index in [1.54, 1.807) is 11.3 Å². The van der Waals surface area contributed by atoms with E-state index in [0.717, 1.165) is 11.3 Å². The molecule has 0 amide bonds. The van der Waals surface area contributed by atoms with Crippen molar-refractivity contribution in [3.63, 3.8) is 0 Å². The second kappa shape index (κ2) is 6.17. The van der Waals surface area contributed by atoms with Gasteiger partial charge in [-0.25, -0.2) is 4.79 Å². The van der Waals surface area contributed by atoms with Gasteiger partial charge >= 0.3 is 5.69 Å². The van der Waals surface area contributed by atoms with Crippen LogP contribution < -0.4 is 22.3 Å². The number of H-pyrrole nitrogens is 1. The zero-order valence-electron chi connectivity index (χ0n) is 12.4. The summed E-state index contributed by atoms with van der Waals surface area (Å²) in [5.74, 6) is 0.186. The average Bonchev–Trinajstić information content (AvgIpc) is 2.86. The lowest BCUT2D eigenvalue weighted by molar-refractivity contribution is 0.641. The Labute approximate surface area is 126 Å². The summed E-state index contributed by atoms with van der Waals surface area (Å²) < 4.78 is 1.39. The van der Waals surface area contributed by atoms with Crippen molar-refractivity contribution in [1.82, 2.24) is 9.55 Å². The number of aromatic nitrogens is 2. The lowest BCUT2D eigenvalue weighted by Gasteiger charge is -2.17. The quantitative estimate of drug-likeness (QED) is 0.788. The van der Waals surface area contributed by atoms with Crippen molar-refractivity contribution < 1.29 is 0 Å². The highest BCUT2D eigenvalue weighted by molar-refractivity contribution is 7.12. The number of nitrogens with two attached hydrogens (primary N) is 1. The number of nitrogens with one attached hydrogen (secondary N) is 2. The van der Waals surface area contributed by atoms with E-state index in [0.29, 0.717) is 6.54 Å². The van der Waals surface area contributed by atoms with Crippen molar-refractivity contribution in [2.45, 2.75) is 39.8 Å². The fraction of sp³-hybridized carbons (Fsp3) is 0.429. The molecule has 1 unspecified atom stereocenters. The highest BCUT2D eigenvalue weighted by atomic mass is 32.1. The van der Waals surface area contributed by atoms with Crippen LogP contribution in [0.5, 0.6) is 0 Å². The van der Waals surface area contributed by atoms with Crippen LogP contribution in [0.25, 0.3) is 0 Å². The SMILES string of the molecule is CCCn1c(N)c(NC(C)c2ccc(C)s2)c(=O)[nH]c1=O. The van der Waals surface area contributed by atoms with Crippen LogP contribution in [-0.4, -0.2) is 9.55 Å². The summed E-state index contributed by atoms with van der Waals surface area (Å²) in [6.45, 7) is 6.41. The summed E-state index contributed by atoms with van der Waals surface area (Å²) in [6.07, 6.45) is 0.759. The van der Waals surface area contributed by atoms with Crippen LogP contribution in [0.15, 0.2) is 21.7 Å². The molecule has 1 atom stereocenters. The number of aromatic amines is 1. The summed E-state index contributed by atoms with van der Waals surface area (Å²) >= 11 is 1.66. The maximum absolute atomic E-state index is 12.0. The molecule has 0 fully saturated rings. The Morgan fingerprint density at radius 1 is 1.43 bits per heavy atom. The van der Waals surface area contributed by atoms with Crippen LogP contribution in [0.1, 0.15) is 36.1 Å². The third kappa shape index (κ3) is 3.18. The minimum atomic E-state index is -0.481. The number of nitrogens with zero attached hydrogens (tertiary/aromatic N) is 1. The van der Waals surface area contributed by atoms with Gasteiger partial charge in [0.2, 0.25) is 0 Å². The maximum atomic E-state index is 12.0. The predicted octanol–water partition coefficient (Wildman–Crippen LogP) is 2.07. The summed E-state index contributed by atoms with van der Waals surface area (Å²) in [4.78, 5) is 28.4. The van der Waals surface area contributed by atoms with E-state index in [-0.39, 0.29) is 17.5 Å². The van der Waals surface area contributed by atoms with Gasteiger partial charge in [-0.1, -0.05) is 6.92 Å². The van der Waals surface area contributed by atoms with E-state index in [1.165, 1.54) is 9.44 Å².